The first-order valence-corrected chi connectivity index (χ1v) is 7.10. The highest BCUT2D eigenvalue weighted by Gasteiger charge is 2.33. The lowest BCUT2D eigenvalue weighted by molar-refractivity contribution is -0.146. The van der Waals surface area contributed by atoms with Crippen LogP contribution in [0, 0.1) is 6.92 Å². The van der Waals surface area contributed by atoms with E-state index in [0.29, 0.717) is 19.2 Å². The molecule has 0 aromatic carbocycles. The molecule has 1 aliphatic rings. The summed E-state index contributed by atoms with van der Waals surface area (Å²) in [5.41, 5.74) is 0. The molecule has 1 aromatic rings. The van der Waals surface area contributed by atoms with E-state index < -0.39 is 0 Å². The van der Waals surface area contributed by atoms with Crippen LogP contribution in [0.3, 0.4) is 0 Å². The number of amides is 1. The van der Waals surface area contributed by atoms with Crippen molar-refractivity contribution >= 4 is 11.9 Å². The molecule has 1 amide bonds. The van der Waals surface area contributed by atoms with Crippen molar-refractivity contribution < 1.29 is 18.7 Å². The van der Waals surface area contributed by atoms with Gasteiger partial charge >= 0.3 is 5.97 Å². The Morgan fingerprint density at radius 1 is 1.35 bits per heavy atom. The van der Waals surface area contributed by atoms with Gasteiger partial charge in [0.05, 0.1) is 19.6 Å². The predicted octanol–water partition coefficient (Wildman–Crippen LogP) is 2.42. The Labute approximate surface area is 118 Å². The molecule has 2 rings (SSSR count). The van der Waals surface area contributed by atoms with E-state index in [9.17, 15) is 9.59 Å². The van der Waals surface area contributed by atoms with E-state index in [2.05, 4.69) is 0 Å². The number of carbonyl (C=O) groups excluding carboxylic acids is 2. The van der Waals surface area contributed by atoms with Crippen LogP contribution >= 0.6 is 0 Å². The number of esters is 1. The number of ether oxygens (including phenoxy) is 1. The lowest BCUT2D eigenvalue weighted by atomic mass is 10.2. The maximum Gasteiger partial charge on any atom is 0.306 e. The SMILES string of the molecule is CCOC(=O)CCC(=O)N(Cc1ccc(C)o1)C1CC1. The molecule has 0 aliphatic heterocycles. The molecule has 1 fully saturated rings. The normalized spacial score (nSPS) is 14.1. The summed E-state index contributed by atoms with van der Waals surface area (Å²) in [5, 5.41) is 0. The molecule has 1 heterocycles. The molecule has 0 bridgehead atoms. The lowest BCUT2D eigenvalue weighted by Gasteiger charge is -2.21. The summed E-state index contributed by atoms with van der Waals surface area (Å²) in [7, 11) is 0. The molecule has 5 heteroatoms. The van der Waals surface area contributed by atoms with Gasteiger partial charge in [0.25, 0.3) is 0 Å². The molecule has 1 aliphatic carbocycles. The Bertz CT molecular complexity index is 476. The highest BCUT2D eigenvalue weighted by molar-refractivity contribution is 5.81. The fourth-order valence-electron chi connectivity index (χ4n) is 2.13. The second kappa shape index (κ2) is 6.59. The molecule has 0 saturated heterocycles. The van der Waals surface area contributed by atoms with Crippen molar-refractivity contribution in [2.24, 2.45) is 0 Å². The summed E-state index contributed by atoms with van der Waals surface area (Å²) >= 11 is 0. The monoisotopic (exact) mass is 279 g/mol. The average Bonchev–Trinajstić information content (AvgIpc) is 3.17. The molecule has 5 nitrogen and oxygen atoms in total. The van der Waals surface area contributed by atoms with Crippen LogP contribution in [0.5, 0.6) is 0 Å². The molecular formula is C15H21NO4. The highest BCUT2D eigenvalue weighted by Crippen LogP contribution is 2.29. The van der Waals surface area contributed by atoms with Gasteiger partial charge in [-0.2, -0.15) is 0 Å². The van der Waals surface area contributed by atoms with Gasteiger partial charge in [-0.15, -0.1) is 0 Å². The van der Waals surface area contributed by atoms with Crippen molar-refractivity contribution in [2.75, 3.05) is 6.61 Å². The first-order valence-electron chi connectivity index (χ1n) is 7.10. The minimum Gasteiger partial charge on any atom is -0.466 e. The fraction of sp³-hybridized carbons (Fsp3) is 0.600. The van der Waals surface area contributed by atoms with Crippen molar-refractivity contribution in [1.82, 2.24) is 4.90 Å². The van der Waals surface area contributed by atoms with Crippen molar-refractivity contribution in [3.05, 3.63) is 23.7 Å². The van der Waals surface area contributed by atoms with Crippen molar-refractivity contribution in [2.45, 2.75) is 52.1 Å². The number of hydrogen-bond donors (Lipinski definition) is 0. The van der Waals surface area contributed by atoms with Crippen LogP contribution in [0.15, 0.2) is 16.5 Å². The van der Waals surface area contributed by atoms with Crippen LogP contribution in [-0.2, 0) is 20.9 Å². The Balaban J connectivity index is 1.88. The molecule has 0 spiro atoms. The third-order valence-electron chi connectivity index (χ3n) is 3.28. The largest absolute Gasteiger partial charge is 0.466 e. The Morgan fingerprint density at radius 3 is 2.65 bits per heavy atom. The van der Waals surface area contributed by atoms with Gasteiger partial charge in [0.1, 0.15) is 11.5 Å². The molecule has 110 valence electrons. The first kappa shape index (κ1) is 14.6. The minimum absolute atomic E-state index is 0.00499. The van der Waals surface area contributed by atoms with E-state index >= 15 is 0 Å². The van der Waals surface area contributed by atoms with Gasteiger partial charge in [-0.05, 0) is 38.8 Å². The number of rotatable bonds is 7. The van der Waals surface area contributed by atoms with E-state index in [1.807, 2.05) is 24.0 Å². The first-order chi connectivity index (χ1) is 9.60. The summed E-state index contributed by atoms with van der Waals surface area (Å²) < 4.78 is 10.4. The number of carbonyl (C=O) groups is 2. The van der Waals surface area contributed by atoms with Gasteiger partial charge in [-0.1, -0.05) is 0 Å². The highest BCUT2D eigenvalue weighted by atomic mass is 16.5. The average molecular weight is 279 g/mol. The quantitative estimate of drug-likeness (QED) is 0.719. The third-order valence-corrected chi connectivity index (χ3v) is 3.28. The lowest BCUT2D eigenvalue weighted by Crippen LogP contribution is -2.32. The topological polar surface area (TPSA) is 59.8 Å². The minimum atomic E-state index is -0.314. The molecule has 0 radical (unpaired) electrons. The predicted molar refractivity (Wildman–Crippen MR) is 72.9 cm³/mol. The number of hydrogen-bond acceptors (Lipinski definition) is 4. The van der Waals surface area contributed by atoms with Crippen LogP contribution in [0.4, 0.5) is 0 Å². The number of nitrogens with zero attached hydrogens (tertiary/aromatic N) is 1. The molecule has 20 heavy (non-hydrogen) atoms. The van der Waals surface area contributed by atoms with E-state index in [-0.39, 0.29) is 24.7 Å². The van der Waals surface area contributed by atoms with Crippen LogP contribution in [-0.4, -0.2) is 29.4 Å². The standard InChI is InChI=1S/C15H21NO4/c1-3-19-15(18)9-8-14(17)16(12-5-6-12)10-13-7-4-11(2)20-13/h4,7,12H,3,5-6,8-10H2,1-2H3. The van der Waals surface area contributed by atoms with Gasteiger partial charge in [-0.3, -0.25) is 9.59 Å². The second-order valence-corrected chi connectivity index (χ2v) is 5.07. The van der Waals surface area contributed by atoms with Gasteiger partial charge in [-0.25, -0.2) is 0 Å². The van der Waals surface area contributed by atoms with Crippen molar-refractivity contribution in [3.63, 3.8) is 0 Å². The van der Waals surface area contributed by atoms with Gasteiger partial charge < -0.3 is 14.1 Å². The third kappa shape index (κ3) is 4.11. The summed E-state index contributed by atoms with van der Waals surface area (Å²) in [6.07, 6.45) is 2.41. The molecule has 0 unspecified atom stereocenters. The molecule has 1 aromatic heterocycles. The van der Waals surface area contributed by atoms with Crippen molar-refractivity contribution in [1.29, 1.82) is 0 Å². The summed E-state index contributed by atoms with van der Waals surface area (Å²) in [6.45, 7) is 4.48. The zero-order valence-electron chi connectivity index (χ0n) is 12.1. The van der Waals surface area contributed by atoms with Gasteiger partial charge in [0.15, 0.2) is 0 Å². The Hall–Kier alpha value is -1.78. The number of aryl methyl sites for hydroxylation is 1. The van der Waals surface area contributed by atoms with E-state index in [1.165, 1.54) is 0 Å². The molecular weight excluding hydrogens is 258 g/mol. The van der Waals surface area contributed by atoms with Crippen LogP contribution in [0.25, 0.3) is 0 Å². The second-order valence-electron chi connectivity index (χ2n) is 5.07. The Morgan fingerprint density at radius 2 is 2.10 bits per heavy atom. The van der Waals surface area contributed by atoms with E-state index in [1.54, 1.807) is 6.92 Å². The van der Waals surface area contributed by atoms with Gasteiger partial charge in [0, 0.05) is 12.5 Å². The fourth-order valence-corrected chi connectivity index (χ4v) is 2.13. The molecule has 1 saturated carbocycles. The molecule has 0 atom stereocenters. The van der Waals surface area contributed by atoms with Crippen LogP contribution < -0.4 is 0 Å². The zero-order valence-corrected chi connectivity index (χ0v) is 12.1. The maximum absolute atomic E-state index is 12.2. The maximum atomic E-state index is 12.2. The zero-order chi connectivity index (χ0) is 14.5. The Kier molecular flexibility index (Phi) is 4.82. The number of furan rings is 1. The van der Waals surface area contributed by atoms with Crippen molar-refractivity contribution in [3.8, 4) is 0 Å². The summed E-state index contributed by atoms with van der Waals surface area (Å²) in [4.78, 5) is 25.3. The summed E-state index contributed by atoms with van der Waals surface area (Å²) in [6, 6.07) is 4.09. The van der Waals surface area contributed by atoms with Crippen LogP contribution in [0.2, 0.25) is 0 Å². The van der Waals surface area contributed by atoms with Crippen LogP contribution in [0.1, 0.15) is 44.1 Å². The van der Waals surface area contributed by atoms with E-state index in [4.69, 9.17) is 9.15 Å². The van der Waals surface area contributed by atoms with E-state index in [0.717, 1.165) is 24.4 Å². The van der Waals surface area contributed by atoms with Gasteiger partial charge in [0.2, 0.25) is 5.91 Å². The summed E-state index contributed by atoms with van der Waals surface area (Å²) in [5.74, 6) is 1.31. The molecule has 0 N–H and O–H groups in total. The smallest absolute Gasteiger partial charge is 0.306 e.